The number of halogens is 1. The lowest BCUT2D eigenvalue weighted by Crippen LogP contribution is -2.31. The Balaban J connectivity index is 2.21. The van der Waals surface area contributed by atoms with E-state index in [4.69, 9.17) is 11.6 Å². The molecule has 1 unspecified atom stereocenters. The second-order valence-electron chi connectivity index (χ2n) is 4.52. The predicted octanol–water partition coefficient (Wildman–Crippen LogP) is 3.85. The molecule has 1 fully saturated rings. The standard InChI is InChI=1S/C12H15ClN2O2/c1-8(9-4-2-5-9)14-12-10(13)6-3-7-11(12)15(16)17/h3,6-9,14H,2,4-5H2,1H3. The number of rotatable bonds is 4. The molecule has 1 N–H and O–H groups in total. The van der Waals surface area contributed by atoms with Gasteiger partial charge in [0.15, 0.2) is 0 Å². The number of hydrogen-bond donors (Lipinski definition) is 1. The fraction of sp³-hybridized carbons (Fsp3) is 0.500. The van der Waals surface area contributed by atoms with Crippen LogP contribution in [0.4, 0.5) is 11.4 Å². The maximum Gasteiger partial charge on any atom is 0.293 e. The quantitative estimate of drug-likeness (QED) is 0.656. The van der Waals surface area contributed by atoms with Crippen LogP contribution in [0.5, 0.6) is 0 Å². The average Bonchev–Trinajstić information content (AvgIpc) is 2.17. The Morgan fingerprint density at radius 1 is 1.53 bits per heavy atom. The van der Waals surface area contributed by atoms with Gasteiger partial charge in [0.2, 0.25) is 0 Å². The minimum absolute atomic E-state index is 0.0451. The van der Waals surface area contributed by atoms with Crippen LogP contribution in [-0.2, 0) is 0 Å². The number of nitrogens with zero attached hydrogens (tertiary/aromatic N) is 1. The van der Waals surface area contributed by atoms with Crippen molar-refractivity contribution in [3.05, 3.63) is 33.3 Å². The third-order valence-electron chi connectivity index (χ3n) is 3.42. The second kappa shape index (κ2) is 4.92. The highest BCUT2D eigenvalue weighted by atomic mass is 35.5. The molecular formula is C12H15ClN2O2. The maximum absolute atomic E-state index is 10.9. The van der Waals surface area contributed by atoms with Crippen molar-refractivity contribution in [3.63, 3.8) is 0 Å². The summed E-state index contributed by atoms with van der Waals surface area (Å²) in [6, 6.07) is 4.97. The minimum Gasteiger partial charge on any atom is -0.376 e. The molecule has 4 nitrogen and oxygen atoms in total. The third kappa shape index (κ3) is 2.52. The predicted molar refractivity (Wildman–Crippen MR) is 68.5 cm³/mol. The summed E-state index contributed by atoms with van der Waals surface area (Å²) < 4.78 is 0. The van der Waals surface area contributed by atoms with Gasteiger partial charge in [-0.2, -0.15) is 0 Å². The van der Waals surface area contributed by atoms with Crippen LogP contribution in [0.3, 0.4) is 0 Å². The Bertz CT molecular complexity index is 433. The molecule has 1 aliphatic carbocycles. The van der Waals surface area contributed by atoms with Gasteiger partial charge in [-0.05, 0) is 31.7 Å². The fourth-order valence-electron chi connectivity index (χ4n) is 2.09. The first kappa shape index (κ1) is 12.2. The molecule has 2 rings (SSSR count). The molecule has 0 aliphatic heterocycles. The molecule has 17 heavy (non-hydrogen) atoms. The number of anilines is 1. The number of nitro benzene ring substituents is 1. The fourth-order valence-corrected chi connectivity index (χ4v) is 2.32. The van der Waals surface area contributed by atoms with E-state index in [1.165, 1.54) is 25.3 Å². The van der Waals surface area contributed by atoms with Gasteiger partial charge in [0.05, 0.1) is 9.95 Å². The maximum atomic E-state index is 10.9. The molecule has 0 heterocycles. The van der Waals surface area contributed by atoms with Crippen molar-refractivity contribution in [3.8, 4) is 0 Å². The monoisotopic (exact) mass is 254 g/mol. The second-order valence-corrected chi connectivity index (χ2v) is 4.92. The van der Waals surface area contributed by atoms with Gasteiger partial charge in [0.25, 0.3) is 5.69 Å². The topological polar surface area (TPSA) is 55.2 Å². The number of para-hydroxylation sites is 1. The summed E-state index contributed by atoms with van der Waals surface area (Å²) in [6.45, 7) is 2.05. The molecule has 5 heteroatoms. The van der Waals surface area contributed by atoms with Crippen LogP contribution in [-0.4, -0.2) is 11.0 Å². The van der Waals surface area contributed by atoms with Crippen LogP contribution in [0, 0.1) is 16.0 Å². The zero-order chi connectivity index (χ0) is 12.4. The summed E-state index contributed by atoms with van der Waals surface area (Å²) in [5.74, 6) is 0.603. The molecule has 0 amide bonds. The summed E-state index contributed by atoms with van der Waals surface area (Å²) >= 11 is 6.02. The Morgan fingerprint density at radius 3 is 2.76 bits per heavy atom. The van der Waals surface area contributed by atoms with E-state index in [9.17, 15) is 10.1 Å². The molecule has 1 atom stereocenters. The van der Waals surface area contributed by atoms with Gasteiger partial charge in [-0.15, -0.1) is 0 Å². The van der Waals surface area contributed by atoms with Crippen molar-refractivity contribution in [1.82, 2.24) is 0 Å². The molecule has 1 aromatic carbocycles. The minimum atomic E-state index is -0.401. The van der Waals surface area contributed by atoms with E-state index in [2.05, 4.69) is 12.2 Å². The van der Waals surface area contributed by atoms with E-state index in [1.54, 1.807) is 12.1 Å². The molecule has 1 aliphatic rings. The van der Waals surface area contributed by atoms with Gasteiger partial charge < -0.3 is 5.32 Å². The van der Waals surface area contributed by atoms with Crippen LogP contribution < -0.4 is 5.32 Å². The van der Waals surface area contributed by atoms with Crippen LogP contribution in [0.2, 0.25) is 5.02 Å². The molecule has 0 bridgehead atoms. The van der Waals surface area contributed by atoms with Crippen LogP contribution in [0.1, 0.15) is 26.2 Å². The van der Waals surface area contributed by atoms with E-state index in [0.717, 1.165) is 0 Å². The van der Waals surface area contributed by atoms with Crippen LogP contribution >= 0.6 is 11.6 Å². The van der Waals surface area contributed by atoms with E-state index < -0.39 is 4.92 Å². The molecule has 92 valence electrons. The molecule has 0 radical (unpaired) electrons. The van der Waals surface area contributed by atoms with E-state index in [1.807, 2.05) is 0 Å². The van der Waals surface area contributed by atoms with E-state index in [0.29, 0.717) is 16.6 Å². The van der Waals surface area contributed by atoms with Gasteiger partial charge in [0.1, 0.15) is 5.69 Å². The average molecular weight is 255 g/mol. The Labute approximate surface area is 105 Å². The lowest BCUT2D eigenvalue weighted by Gasteiger charge is -2.32. The van der Waals surface area contributed by atoms with Crippen molar-refractivity contribution in [2.45, 2.75) is 32.2 Å². The molecule has 0 saturated heterocycles. The van der Waals surface area contributed by atoms with E-state index in [-0.39, 0.29) is 11.7 Å². The van der Waals surface area contributed by atoms with Crippen LogP contribution in [0.15, 0.2) is 18.2 Å². The first-order valence-corrected chi connectivity index (χ1v) is 6.17. The van der Waals surface area contributed by atoms with Gasteiger partial charge in [-0.1, -0.05) is 24.1 Å². The highest BCUT2D eigenvalue weighted by molar-refractivity contribution is 6.33. The SMILES string of the molecule is CC(Nc1c(Cl)cccc1[N+](=O)[O-])C1CCC1. The van der Waals surface area contributed by atoms with Gasteiger partial charge in [-0.3, -0.25) is 10.1 Å². The van der Waals surface area contributed by atoms with Crippen molar-refractivity contribution in [2.75, 3.05) is 5.32 Å². The molecular weight excluding hydrogens is 240 g/mol. The number of benzene rings is 1. The third-order valence-corrected chi connectivity index (χ3v) is 3.73. The largest absolute Gasteiger partial charge is 0.376 e. The van der Waals surface area contributed by atoms with Gasteiger partial charge in [0, 0.05) is 12.1 Å². The Morgan fingerprint density at radius 2 is 2.24 bits per heavy atom. The van der Waals surface area contributed by atoms with E-state index >= 15 is 0 Å². The van der Waals surface area contributed by atoms with Crippen molar-refractivity contribution in [2.24, 2.45) is 5.92 Å². The number of nitro groups is 1. The molecule has 1 saturated carbocycles. The smallest absolute Gasteiger partial charge is 0.293 e. The first-order chi connectivity index (χ1) is 8.09. The summed E-state index contributed by atoms with van der Waals surface area (Å²) in [4.78, 5) is 10.5. The highest BCUT2D eigenvalue weighted by Gasteiger charge is 2.26. The summed E-state index contributed by atoms with van der Waals surface area (Å²) in [5, 5.41) is 14.5. The van der Waals surface area contributed by atoms with Crippen molar-refractivity contribution in [1.29, 1.82) is 0 Å². The summed E-state index contributed by atoms with van der Waals surface area (Å²) in [6.07, 6.45) is 3.63. The van der Waals surface area contributed by atoms with Crippen LogP contribution in [0.25, 0.3) is 0 Å². The lowest BCUT2D eigenvalue weighted by molar-refractivity contribution is -0.384. The lowest BCUT2D eigenvalue weighted by atomic mass is 9.80. The molecule has 0 aromatic heterocycles. The first-order valence-electron chi connectivity index (χ1n) is 5.79. The Kier molecular flexibility index (Phi) is 3.52. The number of nitrogens with one attached hydrogen (secondary N) is 1. The summed E-state index contributed by atoms with van der Waals surface area (Å²) in [5.41, 5.74) is 0.488. The van der Waals surface area contributed by atoms with Crippen molar-refractivity contribution < 1.29 is 4.92 Å². The number of hydrogen-bond acceptors (Lipinski definition) is 3. The van der Waals surface area contributed by atoms with Crippen molar-refractivity contribution >= 4 is 23.0 Å². The van der Waals surface area contributed by atoms with Gasteiger partial charge in [-0.25, -0.2) is 0 Å². The highest BCUT2D eigenvalue weighted by Crippen LogP contribution is 2.36. The Hall–Kier alpha value is -1.29. The zero-order valence-electron chi connectivity index (χ0n) is 9.65. The normalized spacial score (nSPS) is 17.3. The zero-order valence-corrected chi connectivity index (χ0v) is 10.4. The molecule has 1 aromatic rings. The molecule has 0 spiro atoms. The van der Waals surface area contributed by atoms with Gasteiger partial charge >= 0.3 is 0 Å². The summed E-state index contributed by atoms with van der Waals surface area (Å²) in [7, 11) is 0.